The summed E-state index contributed by atoms with van der Waals surface area (Å²) in [7, 11) is 0. The fourth-order valence-corrected chi connectivity index (χ4v) is 2.35. The minimum absolute atomic E-state index is 0.0603. The summed E-state index contributed by atoms with van der Waals surface area (Å²) in [6, 6.07) is 8.11. The van der Waals surface area contributed by atoms with Crippen molar-refractivity contribution in [3.8, 4) is 0 Å². The van der Waals surface area contributed by atoms with E-state index in [2.05, 4.69) is 31.2 Å². The Morgan fingerprint density at radius 3 is 2.79 bits per heavy atom. The van der Waals surface area contributed by atoms with Gasteiger partial charge in [0.2, 0.25) is 5.28 Å². The van der Waals surface area contributed by atoms with Crippen molar-refractivity contribution >= 4 is 39.0 Å². The highest BCUT2D eigenvalue weighted by Gasteiger charge is 2.12. The van der Waals surface area contributed by atoms with Crippen LogP contribution in [-0.4, -0.2) is 9.97 Å². The van der Waals surface area contributed by atoms with E-state index < -0.39 is 0 Å². The van der Waals surface area contributed by atoms with Crippen LogP contribution in [0.4, 0.5) is 11.5 Å². The Morgan fingerprint density at radius 2 is 2.11 bits per heavy atom. The maximum atomic E-state index is 5.95. The largest absolute Gasteiger partial charge is 0.394 e. The Kier molecular flexibility index (Phi) is 4.27. The zero-order valence-electron chi connectivity index (χ0n) is 10.6. The molecule has 0 fully saturated rings. The van der Waals surface area contributed by atoms with Gasteiger partial charge >= 0.3 is 0 Å². The topological polar surface area (TPSA) is 63.8 Å². The predicted octanol–water partition coefficient (Wildman–Crippen LogP) is 3.96. The summed E-state index contributed by atoms with van der Waals surface area (Å²) in [5.74, 6) is 0.560. The zero-order valence-corrected chi connectivity index (χ0v) is 13.0. The van der Waals surface area contributed by atoms with Crippen molar-refractivity contribution < 1.29 is 0 Å². The van der Waals surface area contributed by atoms with Crippen molar-refractivity contribution in [2.75, 3.05) is 11.1 Å². The predicted molar refractivity (Wildman–Crippen MR) is 82.4 cm³/mol. The number of nitrogens with two attached hydrogens (primary N) is 1. The Labute approximate surface area is 125 Å². The van der Waals surface area contributed by atoms with Crippen LogP contribution < -0.4 is 11.1 Å². The van der Waals surface area contributed by atoms with Crippen LogP contribution in [-0.2, 0) is 0 Å². The number of hydrogen-bond donors (Lipinski definition) is 2. The minimum Gasteiger partial charge on any atom is -0.394 e. The van der Waals surface area contributed by atoms with Gasteiger partial charge in [-0.1, -0.05) is 28.1 Å². The summed E-state index contributed by atoms with van der Waals surface area (Å²) < 4.78 is 1.03. The number of benzene rings is 1. The number of nitrogens with zero attached hydrogens (tertiary/aromatic N) is 2. The normalized spacial score (nSPS) is 12.2. The molecule has 1 atom stereocenters. The number of hydrogen-bond acceptors (Lipinski definition) is 4. The maximum Gasteiger partial charge on any atom is 0.224 e. The molecular weight excluding hydrogens is 328 g/mol. The molecular formula is C13H14BrClN4. The first-order valence-corrected chi connectivity index (χ1v) is 6.96. The van der Waals surface area contributed by atoms with Crippen molar-refractivity contribution in [1.82, 2.24) is 9.97 Å². The molecule has 0 aliphatic carbocycles. The van der Waals surface area contributed by atoms with Gasteiger partial charge in [0.25, 0.3) is 0 Å². The molecule has 0 spiro atoms. The van der Waals surface area contributed by atoms with Gasteiger partial charge in [0.05, 0.1) is 17.4 Å². The van der Waals surface area contributed by atoms with E-state index in [1.807, 2.05) is 31.2 Å². The van der Waals surface area contributed by atoms with E-state index in [1.54, 1.807) is 6.92 Å². The summed E-state index contributed by atoms with van der Waals surface area (Å²) in [5.41, 5.74) is 8.27. The SMILES string of the molecule is Cc1nc(Cl)nc(NC(C)c2cccc(Br)c2)c1N. The molecule has 0 aliphatic heterocycles. The van der Waals surface area contributed by atoms with Gasteiger partial charge in [-0.05, 0) is 43.1 Å². The monoisotopic (exact) mass is 340 g/mol. The van der Waals surface area contributed by atoms with E-state index in [0.717, 1.165) is 10.0 Å². The third kappa shape index (κ3) is 3.36. The number of aromatic nitrogens is 2. The third-order valence-electron chi connectivity index (χ3n) is 2.81. The van der Waals surface area contributed by atoms with Crippen molar-refractivity contribution in [3.05, 3.63) is 45.3 Å². The Bertz CT molecular complexity index is 603. The Balaban J connectivity index is 2.26. The molecule has 2 rings (SSSR count). The number of nitrogen functional groups attached to an aromatic ring is 1. The average molecular weight is 342 g/mol. The van der Waals surface area contributed by atoms with Crippen LogP contribution in [0, 0.1) is 6.92 Å². The summed E-state index contributed by atoms with van der Waals surface area (Å²) >= 11 is 9.31. The Morgan fingerprint density at radius 1 is 1.37 bits per heavy atom. The molecule has 3 N–H and O–H groups in total. The molecule has 100 valence electrons. The smallest absolute Gasteiger partial charge is 0.224 e. The van der Waals surface area contributed by atoms with Crippen LogP contribution in [0.5, 0.6) is 0 Å². The average Bonchev–Trinajstić information content (AvgIpc) is 2.35. The van der Waals surface area contributed by atoms with Crippen molar-refractivity contribution in [2.24, 2.45) is 0 Å². The highest BCUT2D eigenvalue weighted by molar-refractivity contribution is 9.10. The van der Waals surface area contributed by atoms with Crippen molar-refractivity contribution in [1.29, 1.82) is 0 Å². The van der Waals surface area contributed by atoms with Gasteiger partial charge in [-0.25, -0.2) is 4.98 Å². The van der Waals surface area contributed by atoms with Crippen molar-refractivity contribution in [3.63, 3.8) is 0 Å². The lowest BCUT2D eigenvalue weighted by Crippen LogP contribution is -2.11. The van der Waals surface area contributed by atoms with Gasteiger partial charge in [-0.15, -0.1) is 0 Å². The third-order valence-corrected chi connectivity index (χ3v) is 3.47. The molecule has 6 heteroatoms. The van der Waals surface area contributed by atoms with E-state index >= 15 is 0 Å². The van der Waals surface area contributed by atoms with E-state index in [0.29, 0.717) is 17.2 Å². The zero-order chi connectivity index (χ0) is 14.0. The molecule has 1 aromatic carbocycles. The quantitative estimate of drug-likeness (QED) is 0.830. The number of nitrogens with one attached hydrogen (secondary N) is 1. The second-order valence-corrected chi connectivity index (χ2v) is 5.52. The van der Waals surface area contributed by atoms with Crippen molar-refractivity contribution in [2.45, 2.75) is 19.9 Å². The molecule has 1 unspecified atom stereocenters. The molecule has 0 aliphatic rings. The molecule has 0 saturated carbocycles. The fourth-order valence-electron chi connectivity index (χ4n) is 1.72. The van der Waals surface area contributed by atoms with Crippen LogP contribution in [0.2, 0.25) is 5.28 Å². The molecule has 0 amide bonds. The molecule has 1 aromatic heterocycles. The molecule has 0 radical (unpaired) electrons. The summed E-state index contributed by atoms with van der Waals surface area (Å²) in [4.78, 5) is 8.14. The fraction of sp³-hybridized carbons (Fsp3) is 0.231. The van der Waals surface area contributed by atoms with E-state index in [-0.39, 0.29) is 11.3 Å². The van der Waals surface area contributed by atoms with Gasteiger partial charge in [0.1, 0.15) is 0 Å². The molecule has 0 bridgehead atoms. The summed E-state index contributed by atoms with van der Waals surface area (Å²) in [6.07, 6.45) is 0. The van der Waals surface area contributed by atoms with Crippen LogP contribution in [0.3, 0.4) is 0 Å². The number of aryl methyl sites for hydroxylation is 1. The van der Waals surface area contributed by atoms with E-state index in [9.17, 15) is 0 Å². The number of halogens is 2. The van der Waals surface area contributed by atoms with Crippen LogP contribution >= 0.6 is 27.5 Å². The molecule has 2 aromatic rings. The van der Waals surface area contributed by atoms with E-state index in [1.165, 1.54) is 0 Å². The first kappa shape index (κ1) is 14.1. The summed E-state index contributed by atoms with van der Waals surface area (Å²) in [6.45, 7) is 3.84. The van der Waals surface area contributed by atoms with E-state index in [4.69, 9.17) is 17.3 Å². The lowest BCUT2D eigenvalue weighted by molar-refractivity contribution is 0.870. The highest BCUT2D eigenvalue weighted by atomic mass is 79.9. The first-order valence-electron chi connectivity index (χ1n) is 5.79. The second-order valence-electron chi connectivity index (χ2n) is 4.26. The molecule has 4 nitrogen and oxygen atoms in total. The second kappa shape index (κ2) is 5.75. The van der Waals surface area contributed by atoms with Gasteiger partial charge in [-0.2, -0.15) is 4.98 Å². The molecule has 0 saturated heterocycles. The van der Waals surface area contributed by atoms with Crippen LogP contribution in [0.25, 0.3) is 0 Å². The highest BCUT2D eigenvalue weighted by Crippen LogP contribution is 2.26. The molecule has 1 heterocycles. The number of anilines is 2. The van der Waals surface area contributed by atoms with Crippen LogP contribution in [0.1, 0.15) is 24.2 Å². The first-order chi connectivity index (χ1) is 8.97. The summed E-state index contributed by atoms with van der Waals surface area (Å²) in [5, 5.41) is 3.44. The number of rotatable bonds is 3. The minimum atomic E-state index is 0.0603. The standard InChI is InChI=1S/C13H14BrClN4/c1-7(9-4-3-5-10(14)6-9)17-12-11(16)8(2)18-13(15)19-12/h3-7H,16H2,1-2H3,(H,17,18,19). The lowest BCUT2D eigenvalue weighted by atomic mass is 10.1. The van der Waals surface area contributed by atoms with Gasteiger partial charge in [-0.3, -0.25) is 0 Å². The Hall–Kier alpha value is -1.33. The van der Waals surface area contributed by atoms with Crippen LogP contribution in [0.15, 0.2) is 28.7 Å². The lowest BCUT2D eigenvalue weighted by Gasteiger charge is -2.17. The van der Waals surface area contributed by atoms with Gasteiger partial charge in [0.15, 0.2) is 5.82 Å². The maximum absolute atomic E-state index is 5.95. The molecule has 19 heavy (non-hydrogen) atoms. The van der Waals surface area contributed by atoms with Gasteiger partial charge in [0, 0.05) is 4.47 Å². The van der Waals surface area contributed by atoms with Gasteiger partial charge < -0.3 is 11.1 Å².